The number of nitrogens with one attached hydrogen (secondary N) is 2. The SMILES string of the molecule is CCOc1ccc(NC(=O)C(=O)Nc2ccc(SC#N)cc2)cc1. The van der Waals surface area contributed by atoms with Crippen LogP contribution in [0.4, 0.5) is 11.4 Å². The summed E-state index contributed by atoms with van der Waals surface area (Å²) < 4.78 is 5.31. The average molecular weight is 341 g/mol. The number of ether oxygens (including phenoxy) is 1. The van der Waals surface area contributed by atoms with Crippen LogP contribution >= 0.6 is 11.8 Å². The maximum Gasteiger partial charge on any atom is 0.314 e. The summed E-state index contributed by atoms with van der Waals surface area (Å²) in [7, 11) is 0. The van der Waals surface area contributed by atoms with Gasteiger partial charge in [-0.05, 0) is 67.2 Å². The molecule has 0 saturated heterocycles. The molecule has 0 aliphatic carbocycles. The lowest BCUT2D eigenvalue weighted by atomic mass is 10.3. The van der Waals surface area contributed by atoms with Gasteiger partial charge in [0.1, 0.15) is 11.2 Å². The van der Waals surface area contributed by atoms with E-state index in [2.05, 4.69) is 10.6 Å². The first-order valence-electron chi connectivity index (χ1n) is 7.13. The van der Waals surface area contributed by atoms with Gasteiger partial charge in [-0.1, -0.05) is 0 Å². The minimum atomic E-state index is -0.774. The van der Waals surface area contributed by atoms with E-state index in [1.807, 2.05) is 12.3 Å². The van der Waals surface area contributed by atoms with Crippen LogP contribution in [0.5, 0.6) is 5.75 Å². The minimum Gasteiger partial charge on any atom is -0.494 e. The van der Waals surface area contributed by atoms with Gasteiger partial charge >= 0.3 is 11.8 Å². The quantitative estimate of drug-likeness (QED) is 0.495. The van der Waals surface area contributed by atoms with Gasteiger partial charge in [-0.15, -0.1) is 0 Å². The van der Waals surface area contributed by atoms with Crippen molar-refractivity contribution >= 4 is 35.0 Å². The summed E-state index contributed by atoms with van der Waals surface area (Å²) in [4.78, 5) is 24.5. The van der Waals surface area contributed by atoms with E-state index in [0.717, 1.165) is 16.7 Å². The molecule has 0 spiro atoms. The van der Waals surface area contributed by atoms with E-state index in [4.69, 9.17) is 10.00 Å². The smallest absolute Gasteiger partial charge is 0.314 e. The van der Waals surface area contributed by atoms with Gasteiger partial charge in [0, 0.05) is 16.3 Å². The van der Waals surface area contributed by atoms with Crippen molar-refractivity contribution in [1.82, 2.24) is 0 Å². The molecule has 0 bridgehead atoms. The van der Waals surface area contributed by atoms with E-state index in [0.29, 0.717) is 23.7 Å². The number of carbonyl (C=O) groups excluding carboxylic acids is 2. The molecule has 0 fully saturated rings. The number of rotatable bonds is 5. The van der Waals surface area contributed by atoms with Crippen LogP contribution in [0.3, 0.4) is 0 Å². The van der Waals surface area contributed by atoms with Crippen molar-refractivity contribution in [2.24, 2.45) is 0 Å². The summed E-state index contributed by atoms with van der Waals surface area (Å²) in [5.74, 6) is -0.852. The molecule has 0 aliphatic heterocycles. The van der Waals surface area contributed by atoms with Crippen LogP contribution in [-0.2, 0) is 9.59 Å². The molecular formula is C17H15N3O3S. The predicted octanol–water partition coefficient (Wildman–Crippen LogP) is 3.24. The van der Waals surface area contributed by atoms with E-state index < -0.39 is 11.8 Å². The molecule has 2 aromatic rings. The third-order valence-electron chi connectivity index (χ3n) is 2.91. The molecular weight excluding hydrogens is 326 g/mol. The number of hydrogen-bond donors (Lipinski definition) is 2. The minimum absolute atomic E-state index is 0.476. The molecule has 0 radical (unpaired) electrons. The van der Waals surface area contributed by atoms with Crippen LogP contribution < -0.4 is 15.4 Å². The maximum absolute atomic E-state index is 11.9. The number of nitriles is 1. The molecule has 0 saturated carbocycles. The molecule has 2 rings (SSSR count). The Bertz CT molecular complexity index is 752. The second kappa shape index (κ2) is 8.60. The molecule has 0 aromatic heterocycles. The lowest BCUT2D eigenvalue weighted by Gasteiger charge is -2.08. The molecule has 6 nitrogen and oxygen atoms in total. The van der Waals surface area contributed by atoms with Gasteiger partial charge in [0.2, 0.25) is 0 Å². The van der Waals surface area contributed by atoms with Gasteiger partial charge in [-0.3, -0.25) is 9.59 Å². The summed E-state index contributed by atoms with van der Waals surface area (Å²) in [5, 5.41) is 15.5. The number of hydrogen-bond acceptors (Lipinski definition) is 5. The second-order valence-corrected chi connectivity index (χ2v) is 5.44. The van der Waals surface area contributed by atoms with E-state index in [9.17, 15) is 9.59 Å². The van der Waals surface area contributed by atoms with Gasteiger partial charge in [0.25, 0.3) is 0 Å². The number of amides is 2. The van der Waals surface area contributed by atoms with E-state index in [1.54, 1.807) is 48.5 Å². The summed E-state index contributed by atoms with van der Waals surface area (Å²) in [6, 6.07) is 13.4. The van der Waals surface area contributed by atoms with Gasteiger partial charge in [-0.25, -0.2) is 0 Å². The van der Waals surface area contributed by atoms with Crippen molar-refractivity contribution in [1.29, 1.82) is 5.26 Å². The fourth-order valence-corrected chi connectivity index (χ4v) is 2.21. The highest BCUT2D eigenvalue weighted by Gasteiger charge is 2.14. The van der Waals surface area contributed by atoms with Gasteiger partial charge in [-0.2, -0.15) is 5.26 Å². The van der Waals surface area contributed by atoms with Crippen LogP contribution in [0, 0.1) is 10.7 Å². The monoisotopic (exact) mass is 341 g/mol. The summed E-state index contributed by atoms with van der Waals surface area (Å²) >= 11 is 1.02. The highest BCUT2D eigenvalue weighted by molar-refractivity contribution is 8.03. The molecule has 0 unspecified atom stereocenters. The molecule has 2 amide bonds. The van der Waals surface area contributed by atoms with Gasteiger partial charge in [0.15, 0.2) is 0 Å². The van der Waals surface area contributed by atoms with Crippen molar-refractivity contribution < 1.29 is 14.3 Å². The fraction of sp³-hybridized carbons (Fsp3) is 0.118. The van der Waals surface area contributed by atoms with Crippen LogP contribution in [0.1, 0.15) is 6.92 Å². The lowest BCUT2D eigenvalue weighted by Crippen LogP contribution is -2.29. The number of carbonyl (C=O) groups is 2. The molecule has 0 atom stereocenters. The van der Waals surface area contributed by atoms with Crippen molar-refractivity contribution in [2.75, 3.05) is 17.2 Å². The zero-order valence-electron chi connectivity index (χ0n) is 12.9. The number of thioether (sulfide) groups is 1. The molecule has 2 aromatic carbocycles. The van der Waals surface area contributed by atoms with E-state index in [-0.39, 0.29) is 0 Å². The Kier molecular flexibility index (Phi) is 6.23. The van der Waals surface area contributed by atoms with Crippen LogP contribution in [0.25, 0.3) is 0 Å². The van der Waals surface area contributed by atoms with E-state index >= 15 is 0 Å². The number of thiocyanates is 1. The number of anilines is 2. The Hall–Kier alpha value is -2.98. The maximum atomic E-state index is 11.9. The Morgan fingerprint density at radius 1 is 1.00 bits per heavy atom. The molecule has 7 heteroatoms. The van der Waals surface area contributed by atoms with Gasteiger partial charge in [0.05, 0.1) is 6.61 Å². The Morgan fingerprint density at radius 3 is 1.96 bits per heavy atom. The molecule has 122 valence electrons. The molecule has 2 N–H and O–H groups in total. The Balaban J connectivity index is 1.92. The standard InChI is InChI=1S/C17H15N3O3S/c1-2-23-14-7-3-12(4-8-14)19-16(21)17(22)20-13-5-9-15(10-6-13)24-11-18/h3-10H,2H2,1H3,(H,19,21)(H,20,22). The summed E-state index contributed by atoms with van der Waals surface area (Å²) in [5.41, 5.74) is 0.975. The summed E-state index contributed by atoms with van der Waals surface area (Å²) in [6.45, 7) is 2.44. The first-order valence-corrected chi connectivity index (χ1v) is 7.95. The fourth-order valence-electron chi connectivity index (χ4n) is 1.84. The normalized spacial score (nSPS) is 9.67. The average Bonchev–Trinajstić information content (AvgIpc) is 2.59. The van der Waals surface area contributed by atoms with E-state index in [1.165, 1.54) is 0 Å². The highest BCUT2D eigenvalue weighted by atomic mass is 32.2. The van der Waals surface area contributed by atoms with Crippen LogP contribution in [0.15, 0.2) is 53.4 Å². The first-order chi connectivity index (χ1) is 11.6. The largest absolute Gasteiger partial charge is 0.494 e. The van der Waals surface area contributed by atoms with Crippen molar-refractivity contribution in [2.45, 2.75) is 11.8 Å². The molecule has 0 heterocycles. The topological polar surface area (TPSA) is 91.2 Å². The molecule has 0 aliphatic rings. The predicted molar refractivity (Wildman–Crippen MR) is 92.8 cm³/mol. The number of benzene rings is 2. The third kappa shape index (κ3) is 5.04. The zero-order valence-corrected chi connectivity index (χ0v) is 13.7. The first kappa shape index (κ1) is 17.4. The van der Waals surface area contributed by atoms with Crippen LogP contribution in [0.2, 0.25) is 0 Å². The Morgan fingerprint density at radius 2 is 1.50 bits per heavy atom. The third-order valence-corrected chi connectivity index (χ3v) is 3.50. The lowest BCUT2D eigenvalue weighted by molar-refractivity contribution is -0.132. The van der Waals surface area contributed by atoms with Crippen LogP contribution in [-0.4, -0.2) is 18.4 Å². The second-order valence-electron chi connectivity index (χ2n) is 4.58. The Labute approximate surface area is 143 Å². The van der Waals surface area contributed by atoms with Crippen molar-refractivity contribution in [3.05, 3.63) is 48.5 Å². The zero-order chi connectivity index (χ0) is 17.4. The number of nitrogens with zero attached hydrogens (tertiary/aromatic N) is 1. The van der Waals surface area contributed by atoms with Gasteiger partial charge < -0.3 is 15.4 Å². The summed E-state index contributed by atoms with van der Waals surface area (Å²) in [6.07, 6.45) is 0. The molecule has 24 heavy (non-hydrogen) atoms. The highest BCUT2D eigenvalue weighted by Crippen LogP contribution is 2.19. The van der Waals surface area contributed by atoms with Crippen molar-refractivity contribution in [3.63, 3.8) is 0 Å². The van der Waals surface area contributed by atoms with Crippen molar-refractivity contribution in [3.8, 4) is 11.2 Å².